The summed E-state index contributed by atoms with van der Waals surface area (Å²) in [6.07, 6.45) is 2.59. The van der Waals surface area contributed by atoms with Gasteiger partial charge in [-0.05, 0) is 26.0 Å². The van der Waals surface area contributed by atoms with Crippen molar-refractivity contribution in [2.45, 2.75) is 31.4 Å². The topological polar surface area (TPSA) is 56.7 Å². The van der Waals surface area contributed by atoms with Crippen LogP contribution in [0.2, 0.25) is 0 Å². The van der Waals surface area contributed by atoms with Crippen LogP contribution in [-0.2, 0) is 5.75 Å². The summed E-state index contributed by atoms with van der Waals surface area (Å²) in [6, 6.07) is 5.97. The van der Waals surface area contributed by atoms with Gasteiger partial charge < -0.3 is 4.42 Å². The van der Waals surface area contributed by atoms with E-state index in [0.717, 1.165) is 21.3 Å². The predicted octanol–water partition coefficient (Wildman–Crippen LogP) is 4.24. The largest absolute Gasteiger partial charge is 0.411 e. The highest BCUT2D eigenvalue weighted by atomic mass is 32.2. The van der Waals surface area contributed by atoms with Crippen LogP contribution in [-0.4, -0.2) is 19.7 Å². The minimum atomic E-state index is -2.61. The zero-order chi connectivity index (χ0) is 16.4. The molecule has 0 unspecified atom stereocenters. The molecule has 23 heavy (non-hydrogen) atoms. The lowest BCUT2D eigenvalue weighted by atomic mass is 10.1. The van der Waals surface area contributed by atoms with E-state index in [1.54, 1.807) is 0 Å². The maximum Gasteiger partial charge on any atom is 0.319 e. The fourth-order valence-corrected chi connectivity index (χ4v) is 2.96. The van der Waals surface area contributed by atoms with Crippen LogP contribution in [0, 0.1) is 13.8 Å². The highest BCUT2D eigenvalue weighted by Gasteiger charge is 2.14. The summed E-state index contributed by atoms with van der Waals surface area (Å²) in [5.41, 5.74) is 3.05. The van der Waals surface area contributed by atoms with E-state index >= 15 is 0 Å². The Morgan fingerprint density at radius 3 is 2.61 bits per heavy atom. The van der Waals surface area contributed by atoms with Crippen molar-refractivity contribution in [1.82, 2.24) is 19.7 Å². The normalized spacial score (nSPS) is 11.3. The van der Waals surface area contributed by atoms with Crippen molar-refractivity contribution in [3.63, 3.8) is 0 Å². The molecule has 0 saturated heterocycles. The van der Waals surface area contributed by atoms with Crippen molar-refractivity contribution in [3.05, 3.63) is 47.5 Å². The van der Waals surface area contributed by atoms with Gasteiger partial charge in [0.2, 0.25) is 5.89 Å². The second-order valence-electron chi connectivity index (χ2n) is 5.07. The summed E-state index contributed by atoms with van der Waals surface area (Å²) in [6.45, 7) is 1.38. The van der Waals surface area contributed by atoms with Crippen molar-refractivity contribution in [1.29, 1.82) is 0 Å². The van der Waals surface area contributed by atoms with Gasteiger partial charge in [-0.2, -0.15) is 8.78 Å². The summed E-state index contributed by atoms with van der Waals surface area (Å²) in [4.78, 5) is 3.91. The van der Waals surface area contributed by atoms with Crippen molar-refractivity contribution < 1.29 is 13.2 Å². The van der Waals surface area contributed by atoms with Crippen molar-refractivity contribution >= 4 is 11.8 Å². The summed E-state index contributed by atoms with van der Waals surface area (Å²) in [5.74, 6) is 0.902. The molecule has 0 aliphatic carbocycles. The first-order valence-corrected chi connectivity index (χ1v) is 7.86. The van der Waals surface area contributed by atoms with Crippen molar-refractivity contribution in [2.75, 3.05) is 0 Å². The van der Waals surface area contributed by atoms with E-state index in [0.29, 0.717) is 11.1 Å². The number of thioether (sulfide) groups is 1. The zero-order valence-electron chi connectivity index (χ0n) is 12.5. The van der Waals surface area contributed by atoms with E-state index in [1.807, 2.05) is 26.0 Å². The molecule has 5 nitrogen and oxygen atoms in total. The molecule has 2 aromatic heterocycles. The van der Waals surface area contributed by atoms with Gasteiger partial charge >= 0.3 is 6.55 Å². The minimum absolute atomic E-state index is 0.228. The lowest BCUT2D eigenvalue weighted by Crippen LogP contribution is -2.01. The van der Waals surface area contributed by atoms with Crippen LogP contribution < -0.4 is 0 Å². The first-order chi connectivity index (χ1) is 11.0. The Hall–Kier alpha value is -2.22. The molecule has 0 radical (unpaired) electrons. The molecule has 0 spiro atoms. The molecule has 0 saturated carbocycles. The number of aryl methyl sites for hydroxylation is 2. The average Bonchev–Trinajstić information content (AvgIpc) is 3.13. The second kappa shape index (κ2) is 6.49. The smallest absolute Gasteiger partial charge is 0.319 e. The van der Waals surface area contributed by atoms with Gasteiger partial charge in [-0.25, -0.2) is 4.98 Å². The van der Waals surface area contributed by atoms with E-state index in [1.165, 1.54) is 24.2 Å². The van der Waals surface area contributed by atoms with Gasteiger partial charge in [0.25, 0.3) is 5.22 Å². The van der Waals surface area contributed by atoms with E-state index in [-0.39, 0.29) is 11.6 Å². The number of hydrogen-bond acceptors (Lipinski definition) is 5. The Labute approximate surface area is 135 Å². The number of nitrogens with zero attached hydrogens (tertiary/aromatic N) is 4. The van der Waals surface area contributed by atoms with Crippen LogP contribution in [0.25, 0.3) is 11.5 Å². The number of rotatable bonds is 5. The maximum absolute atomic E-state index is 12.8. The number of aromatic nitrogens is 4. The summed E-state index contributed by atoms with van der Waals surface area (Å²) in [5, 5.41) is 8.28. The van der Waals surface area contributed by atoms with E-state index in [4.69, 9.17) is 4.42 Å². The number of benzene rings is 1. The van der Waals surface area contributed by atoms with Gasteiger partial charge in [0, 0.05) is 18.0 Å². The van der Waals surface area contributed by atoms with Crippen LogP contribution >= 0.6 is 11.8 Å². The molecule has 0 aliphatic rings. The van der Waals surface area contributed by atoms with Gasteiger partial charge in [-0.3, -0.25) is 4.57 Å². The van der Waals surface area contributed by atoms with Crippen molar-refractivity contribution in [2.24, 2.45) is 0 Å². The summed E-state index contributed by atoms with van der Waals surface area (Å²) < 4.78 is 31.9. The van der Waals surface area contributed by atoms with Gasteiger partial charge in [-0.1, -0.05) is 29.0 Å². The molecule has 0 aliphatic heterocycles. The lowest BCUT2D eigenvalue weighted by Gasteiger charge is -2.04. The summed E-state index contributed by atoms with van der Waals surface area (Å²) in [7, 11) is 0. The Kier molecular flexibility index (Phi) is 4.42. The molecule has 0 bridgehead atoms. The number of halogens is 2. The first kappa shape index (κ1) is 15.7. The Morgan fingerprint density at radius 2 is 1.91 bits per heavy atom. The third kappa shape index (κ3) is 3.58. The third-order valence-corrected chi connectivity index (χ3v) is 3.97. The van der Waals surface area contributed by atoms with Crippen LogP contribution in [0.3, 0.4) is 0 Å². The lowest BCUT2D eigenvalue weighted by molar-refractivity contribution is 0.0678. The monoisotopic (exact) mass is 336 g/mol. The zero-order valence-corrected chi connectivity index (χ0v) is 13.3. The molecular weight excluding hydrogens is 322 g/mol. The molecule has 2 heterocycles. The van der Waals surface area contributed by atoms with Crippen LogP contribution in [0.15, 0.2) is 40.2 Å². The summed E-state index contributed by atoms with van der Waals surface area (Å²) >= 11 is 1.18. The highest BCUT2D eigenvalue weighted by molar-refractivity contribution is 7.98. The maximum atomic E-state index is 12.8. The Bertz CT molecular complexity index is 795. The Balaban J connectivity index is 1.73. The number of hydrogen-bond donors (Lipinski definition) is 0. The average molecular weight is 336 g/mol. The molecule has 0 N–H and O–H groups in total. The van der Waals surface area contributed by atoms with Gasteiger partial charge in [0.15, 0.2) is 0 Å². The van der Waals surface area contributed by atoms with E-state index in [2.05, 4.69) is 21.2 Å². The Morgan fingerprint density at radius 1 is 1.17 bits per heavy atom. The quantitative estimate of drug-likeness (QED) is 0.652. The third-order valence-electron chi connectivity index (χ3n) is 3.16. The second-order valence-corrected chi connectivity index (χ2v) is 5.99. The van der Waals surface area contributed by atoms with Gasteiger partial charge in [-0.15, -0.1) is 10.2 Å². The molecule has 3 aromatic rings. The highest BCUT2D eigenvalue weighted by Crippen LogP contribution is 2.27. The molecule has 8 heteroatoms. The molecule has 3 rings (SSSR count). The standard InChI is InChI=1S/C15H14F2N4OS/c1-9-5-10(2)7-11(6-9)13-19-20-15(22-13)23-8-12-18-3-4-21(12)14(16)17/h3-7,14H,8H2,1-2H3. The van der Waals surface area contributed by atoms with Crippen LogP contribution in [0.4, 0.5) is 8.78 Å². The van der Waals surface area contributed by atoms with E-state index < -0.39 is 6.55 Å². The van der Waals surface area contributed by atoms with Crippen molar-refractivity contribution in [3.8, 4) is 11.5 Å². The minimum Gasteiger partial charge on any atom is -0.411 e. The van der Waals surface area contributed by atoms with Crippen LogP contribution in [0.1, 0.15) is 23.5 Å². The molecule has 120 valence electrons. The molecule has 0 amide bonds. The number of imidazole rings is 1. The van der Waals surface area contributed by atoms with Gasteiger partial charge in [0.1, 0.15) is 5.82 Å². The number of alkyl halides is 2. The molecule has 0 fully saturated rings. The molecular formula is C15H14F2N4OS. The SMILES string of the molecule is Cc1cc(C)cc(-c2nnc(SCc3nccn3C(F)F)o2)c1. The predicted molar refractivity (Wildman–Crippen MR) is 82.2 cm³/mol. The fourth-order valence-electron chi connectivity index (χ4n) is 2.24. The first-order valence-electron chi connectivity index (χ1n) is 6.88. The molecule has 0 atom stereocenters. The van der Waals surface area contributed by atoms with E-state index in [9.17, 15) is 8.78 Å². The van der Waals surface area contributed by atoms with Crippen LogP contribution in [0.5, 0.6) is 0 Å². The fraction of sp³-hybridized carbons (Fsp3) is 0.267. The molecule has 1 aromatic carbocycles. The van der Waals surface area contributed by atoms with Gasteiger partial charge in [0.05, 0.1) is 5.75 Å².